The molecule has 25 heavy (non-hydrogen) atoms. The minimum absolute atomic E-state index is 0.231. The monoisotopic (exact) mass is 341 g/mol. The molecule has 4 atom stereocenters. The van der Waals surface area contributed by atoms with Crippen LogP contribution in [-0.2, 0) is 16.0 Å². The van der Waals surface area contributed by atoms with Gasteiger partial charge in [0.05, 0.1) is 11.3 Å². The van der Waals surface area contributed by atoms with Crippen molar-refractivity contribution in [1.82, 2.24) is 4.90 Å². The summed E-state index contributed by atoms with van der Waals surface area (Å²) in [5.41, 5.74) is 0.931. The number of carboxylic acids is 1. The molecule has 3 fully saturated rings. The van der Waals surface area contributed by atoms with Gasteiger partial charge in [0.25, 0.3) is 0 Å². The van der Waals surface area contributed by atoms with Crippen molar-refractivity contribution in [2.75, 3.05) is 13.1 Å². The molecule has 1 aliphatic heterocycles. The van der Waals surface area contributed by atoms with Gasteiger partial charge in [0.2, 0.25) is 5.91 Å². The second-order valence-corrected chi connectivity index (χ2v) is 8.33. The molecule has 1 saturated heterocycles. The Labute approximate surface area is 149 Å². The summed E-state index contributed by atoms with van der Waals surface area (Å²) in [5.74, 6) is 0.218. The summed E-state index contributed by atoms with van der Waals surface area (Å²) in [5, 5.41) is 9.37. The van der Waals surface area contributed by atoms with Gasteiger partial charge < -0.3 is 10.0 Å². The molecular weight excluding hydrogens is 314 g/mol. The molecule has 0 aromatic heterocycles. The molecule has 0 radical (unpaired) electrons. The van der Waals surface area contributed by atoms with Crippen molar-refractivity contribution in [3.8, 4) is 0 Å². The van der Waals surface area contributed by atoms with E-state index in [0.717, 1.165) is 32.2 Å². The minimum atomic E-state index is -0.762. The highest BCUT2D eigenvalue weighted by molar-refractivity contribution is 5.85. The van der Waals surface area contributed by atoms with Gasteiger partial charge in [-0.25, -0.2) is 0 Å². The zero-order valence-electron chi connectivity index (χ0n) is 14.7. The third kappa shape index (κ3) is 2.96. The van der Waals surface area contributed by atoms with Crippen LogP contribution in [0.5, 0.6) is 0 Å². The van der Waals surface area contributed by atoms with Gasteiger partial charge >= 0.3 is 5.97 Å². The summed E-state index contributed by atoms with van der Waals surface area (Å²) in [4.78, 5) is 26.9. The highest BCUT2D eigenvalue weighted by atomic mass is 16.4. The highest BCUT2D eigenvalue weighted by Gasteiger charge is 2.56. The van der Waals surface area contributed by atoms with E-state index in [-0.39, 0.29) is 11.3 Å². The molecule has 2 bridgehead atoms. The maximum Gasteiger partial charge on any atom is 0.308 e. The zero-order chi connectivity index (χ0) is 17.4. The first kappa shape index (κ1) is 16.6. The molecule has 4 nitrogen and oxygen atoms in total. The van der Waals surface area contributed by atoms with Crippen molar-refractivity contribution in [2.45, 2.75) is 44.9 Å². The predicted octanol–water partition coefficient (Wildman–Crippen LogP) is 3.36. The van der Waals surface area contributed by atoms with E-state index in [0.29, 0.717) is 24.8 Å². The average Bonchev–Trinajstić information content (AvgIpc) is 3.23. The number of hydrogen-bond acceptors (Lipinski definition) is 2. The van der Waals surface area contributed by atoms with E-state index in [9.17, 15) is 14.7 Å². The number of nitrogens with zero attached hydrogens (tertiary/aromatic N) is 1. The van der Waals surface area contributed by atoms with Gasteiger partial charge in [-0.1, -0.05) is 36.8 Å². The Hall–Kier alpha value is -1.84. The number of carboxylic acid groups (broad SMARTS) is 1. The van der Waals surface area contributed by atoms with E-state index in [1.807, 2.05) is 23.1 Å². The molecule has 1 heterocycles. The summed E-state index contributed by atoms with van der Waals surface area (Å²) >= 11 is 0. The van der Waals surface area contributed by atoms with Crippen LogP contribution < -0.4 is 0 Å². The van der Waals surface area contributed by atoms with Gasteiger partial charge in [-0.2, -0.15) is 0 Å². The number of rotatable bonds is 4. The predicted molar refractivity (Wildman–Crippen MR) is 95.0 cm³/mol. The molecule has 1 aromatic rings. The zero-order valence-corrected chi connectivity index (χ0v) is 14.7. The van der Waals surface area contributed by atoms with Crippen LogP contribution in [0.2, 0.25) is 0 Å². The first-order valence-electron chi connectivity index (χ1n) is 9.64. The Morgan fingerprint density at radius 1 is 1.16 bits per heavy atom. The molecule has 1 aromatic carbocycles. The summed E-state index contributed by atoms with van der Waals surface area (Å²) in [6, 6.07) is 10.3. The molecular formula is C21H27NO3. The Kier molecular flexibility index (Phi) is 4.30. The second-order valence-electron chi connectivity index (χ2n) is 8.33. The lowest BCUT2D eigenvalue weighted by Gasteiger charge is -2.42. The van der Waals surface area contributed by atoms with Gasteiger partial charge in [0, 0.05) is 13.1 Å². The van der Waals surface area contributed by atoms with E-state index in [1.54, 1.807) is 0 Å². The molecule has 134 valence electrons. The topological polar surface area (TPSA) is 57.6 Å². The quantitative estimate of drug-likeness (QED) is 0.913. The van der Waals surface area contributed by atoms with Crippen LogP contribution in [0.15, 0.2) is 30.3 Å². The van der Waals surface area contributed by atoms with Crippen molar-refractivity contribution in [2.24, 2.45) is 23.2 Å². The van der Waals surface area contributed by atoms with Gasteiger partial charge in [-0.05, 0) is 55.9 Å². The number of hydrogen-bond donors (Lipinski definition) is 1. The number of aliphatic carboxylic acids is 1. The lowest BCUT2D eigenvalue weighted by Crippen LogP contribution is -2.52. The summed E-state index contributed by atoms with van der Waals surface area (Å²) in [7, 11) is 0. The Morgan fingerprint density at radius 3 is 2.60 bits per heavy atom. The molecule has 3 aliphatic rings. The SMILES string of the molecule is O=C(O)C1CCCN(C(=O)C2(Cc3ccccc3)CC3CCC2C3)C1. The number of piperidine rings is 1. The fraction of sp³-hybridized carbons (Fsp3) is 0.619. The maximum absolute atomic E-state index is 13.6. The normalized spacial score (nSPS) is 34.2. The van der Waals surface area contributed by atoms with Crippen molar-refractivity contribution in [3.05, 3.63) is 35.9 Å². The van der Waals surface area contributed by atoms with Gasteiger partial charge in [0.15, 0.2) is 0 Å². The van der Waals surface area contributed by atoms with E-state index in [4.69, 9.17) is 0 Å². The lowest BCUT2D eigenvalue weighted by molar-refractivity contribution is -0.151. The molecule has 4 rings (SSSR count). The molecule has 1 amide bonds. The van der Waals surface area contributed by atoms with E-state index >= 15 is 0 Å². The van der Waals surface area contributed by atoms with Crippen LogP contribution in [0.4, 0.5) is 0 Å². The number of carbonyl (C=O) groups is 2. The number of likely N-dealkylation sites (tertiary alicyclic amines) is 1. The Morgan fingerprint density at radius 2 is 1.96 bits per heavy atom. The number of amides is 1. The molecule has 4 unspecified atom stereocenters. The molecule has 2 aliphatic carbocycles. The van der Waals surface area contributed by atoms with Crippen LogP contribution >= 0.6 is 0 Å². The number of carbonyl (C=O) groups excluding carboxylic acids is 1. The molecule has 4 heteroatoms. The van der Waals surface area contributed by atoms with Gasteiger partial charge in [-0.15, -0.1) is 0 Å². The Bertz CT molecular complexity index is 658. The third-order valence-electron chi connectivity index (χ3n) is 6.82. The Balaban J connectivity index is 1.60. The second kappa shape index (κ2) is 6.47. The molecule has 1 N–H and O–H groups in total. The van der Waals surface area contributed by atoms with E-state index < -0.39 is 11.9 Å². The van der Waals surface area contributed by atoms with Crippen LogP contribution in [0.25, 0.3) is 0 Å². The first-order chi connectivity index (χ1) is 12.1. The average molecular weight is 341 g/mol. The fourth-order valence-electron chi connectivity index (χ4n) is 5.64. The largest absolute Gasteiger partial charge is 0.481 e. The molecule has 2 saturated carbocycles. The van der Waals surface area contributed by atoms with Gasteiger partial charge in [0.1, 0.15) is 0 Å². The van der Waals surface area contributed by atoms with Crippen molar-refractivity contribution in [3.63, 3.8) is 0 Å². The van der Waals surface area contributed by atoms with E-state index in [1.165, 1.54) is 18.4 Å². The van der Waals surface area contributed by atoms with E-state index in [2.05, 4.69) is 12.1 Å². The van der Waals surface area contributed by atoms with Crippen LogP contribution in [0.3, 0.4) is 0 Å². The van der Waals surface area contributed by atoms with Crippen molar-refractivity contribution < 1.29 is 14.7 Å². The maximum atomic E-state index is 13.6. The third-order valence-corrected chi connectivity index (χ3v) is 6.82. The lowest BCUT2D eigenvalue weighted by atomic mass is 9.68. The standard InChI is InChI=1S/C21H27NO3/c23-19(24)17-7-4-10-22(14-17)20(25)21(12-15-5-2-1-3-6-15)13-16-8-9-18(21)11-16/h1-3,5-6,16-18H,4,7-14H2,(H,23,24). The van der Waals surface area contributed by atoms with Crippen molar-refractivity contribution >= 4 is 11.9 Å². The smallest absolute Gasteiger partial charge is 0.308 e. The van der Waals surface area contributed by atoms with Gasteiger partial charge in [-0.3, -0.25) is 9.59 Å². The summed E-state index contributed by atoms with van der Waals surface area (Å²) < 4.78 is 0. The van der Waals surface area contributed by atoms with Crippen LogP contribution in [0, 0.1) is 23.2 Å². The van der Waals surface area contributed by atoms with Crippen LogP contribution in [-0.4, -0.2) is 35.0 Å². The fourth-order valence-corrected chi connectivity index (χ4v) is 5.64. The van der Waals surface area contributed by atoms with Crippen molar-refractivity contribution in [1.29, 1.82) is 0 Å². The minimum Gasteiger partial charge on any atom is -0.481 e. The number of fused-ring (bicyclic) bond motifs is 2. The van der Waals surface area contributed by atoms with Crippen LogP contribution in [0.1, 0.15) is 44.1 Å². The number of benzene rings is 1. The first-order valence-corrected chi connectivity index (χ1v) is 9.64. The summed E-state index contributed by atoms with van der Waals surface area (Å²) in [6.07, 6.45) is 6.87. The highest BCUT2D eigenvalue weighted by Crippen LogP contribution is 2.58. The summed E-state index contributed by atoms with van der Waals surface area (Å²) in [6.45, 7) is 1.11. The molecule has 0 spiro atoms.